The molecule has 0 saturated carbocycles. The summed E-state index contributed by atoms with van der Waals surface area (Å²) in [6, 6.07) is 6.58. The van der Waals surface area contributed by atoms with Crippen molar-refractivity contribution in [2.75, 3.05) is 6.61 Å². The van der Waals surface area contributed by atoms with Gasteiger partial charge in [-0.3, -0.25) is 0 Å². The largest absolute Gasteiger partial charge is 0.415 e. The van der Waals surface area contributed by atoms with Crippen molar-refractivity contribution in [2.45, 2.75) is 166 Å². The topological polar surface area (TPSA) is 85.3 Å². The second kappa shape index (κ2) is 15.5. The lowest BCUT2D eigenvalue weighted by molar-refractivity contribution is 0.162. The molecule has 0 N–H and O–H groups in total. The Balaban J connectivity index is 3.34. The van der Waals surface area contributed by atoms with Crippen LogP contribution in [0.3, 0.4) is 0 Å². The molecule has 1 aromatic carbocycles. The van der Waals surface area contributed by atoms with Crippen molar-refractivity contribution in [3.63, 3.8) is 0 Å². The summed E-state index contributed by atoms with van der Waals surface area (Å²) >= 11 is 0. The summed E-state index contributed by atoms with van der Waals surface area (Å²) in [7, 11) is -9.25. The molecular formula is C33H64N2O5S2Si2. The Labute approximate surface area is 275 Å². The monoisotopic (exact) mass is 688 g/mol. The van der Waals surface area contributed by atoms with Crippen molar-refractivity contribution >= 4 is 43.9 Å². The van der Waals surface area contributed by atoms with E-state index in [1.807, 2.05) is 53.7 Å². The molecule has 0 heterocycles. The molecule has 1 aromatic rings. The van der Waals surface area contributed by atoms with Crippen molar-refractivity contribution in [3.8, 4) is 0 Å². The van der Waals surface area contributed by atoms with Gasteiger partial charge in [-0.25, -0.2) is 12.6 Å². The van der Waals surface area contributed by atoms with Gasteiger partial charge in [0, 0.05) is 18.3 Å². The van der Waals surface area contributed by atoms with Gasteiger partial charge in [0.25, 0.3) is 0 Å². The number of nitrogens with zero attached hydrogens (tertiary/aromatic N) is 2. The predicted molar refractivity (Wildman–Crippen MR) is 194 cm³/mol. The van der Waals surface area contributed by atoms with Crippen molar-refractivity contribution in [2.24, 2.45) is 4.40 Å². The van der Waals surface area contributed by atoms with E-state index in [0.29, 0.717) is 25.9 Å². The van der Waals surface area contributed by atoms with Gasteiger partial charge in [0.15, 0.2) is 16.6 Å². The Kier molecular flexibility index (Phi) is 14.5. The standard InChI is InChI=1S/C33H64N2O5S2Si2/c1-26(2)35(42(37,38)30-22-20-28(21-23-30)27(3)40-44(15,16)33(10,11)12)29(25-39-43(13,14)32(7,8)9)19-17-18-24-34-41(36)31(4,5)6/h20-24,26-27,29H,17-19,25H2,1-16H3/t27?,29-,41?/m0/s1. The number of sulfonamides is 1. The zero-order valence-corrected chi connectivity index (χ0v) is 34.3. The number of hydrogen-bond acceptors (Lipinski definition) is 5. The number of hydrogen-bond donors (Lipinski definition) is 0. The van der Waals surface area contributed by atoms with Crippen LogP contribution in [0.2, 0.25) is 36.3 Å². The molecule has 0 aromatic heterocycles. The molecule has 0 aliphatic rings. The maximum atomic E-state index is 14.3. The Morgan fingerprint density at radius 1 is 0.886 bits per heavy atom. The zero-order valence-electron chi connectivity index (χ0n) is 30.7. The Morgan fingerprint density at radius 2 is 1.39 bits per heavy atom. The minimum Gasteiger partial charge on any atom is -0.415 e. The van der Waals surface area contributed by atoms with E-state index in [4.69, 9.17) is 8.85 Å². The van der Waals surface area contributed by atoms with Gasteiger partial charge >= 0.3 is 0 Å². The highest BCUT2D eigenvalue weighted by Crippen LogP contribution is 2.40. The highest BCUT2D eigenvalue weighted by molar-refractivity contribution is 7.89. The molecule has 0 saturated heterocycles. The first kappa shape index (κ1) is 41.3. The smallest absolute Gasteiger partial charge is 0.243 e. The van der Waals surface area contributed by atoms with Crippen LogP contribution in [0.25, 0.3) is 0 Å². The molecule has 0 bridgehead atoms. The summed E-state index contributed by atoms with van der Waals surface area (Å²) in [6.45, 7) is 34.0. The maximum absolute atomic E-state index is 14.3. The van der Waals surface area contributed by atoms with Gasteiger partial charge in [0.05, 0.1) is 22.4 Å². The van der Waals surface area contributed by atoms with E-state index in [0.717, 1.165) is 5.56 Å². The molecule has 2 unspecified atom stereocenters. The second-order valence-corrected chi connectivity index (χ2v) is 29.7. The third-order valence-corrected chi connectivity index (χ3v) is 21.7. The summed E-state index contributed by atoms with van der Waals surface area (Å²) in [4.78, 5) is 0.272. The van der Waals surface area contributed by atoms with Crippen LogP contribution in [0, 0.1) is 0 Å². The van der Waals surface area contributed by atoms with Gasteiger partial charge in [-0.1, -0.05) is 53.7 Å². The van der Waals surface area contributed by atoms with E-state index in [-0.39, 0.29) is 33.2 Å². The molecule has 0 fully saturated rings. The summed E-state index contributed by atoms with van der Waals surface area (Å²) in [6.07, 6.45) is 3.51. The predicted octanol–water partition coefficient (Wildman–Crippen LogP) is 9.26. The Bertz CT molecular complexity index is 1210. The van der Waals surface area contributed by atoms with Crippen LogP contribution in [0.5, 0.6) is 0 Å². The zero-order chi connectivity index (χ0) is 34.5. The SMILES string of the molecule is CC(O[Si](C)(C)C(C)(C)C)c1ccc(S(=O)(=O)N(C(C)C)[C@@H](CCCC=NS(=O)C(C)(C)C)CO[Si](C)(C)C(C)(C)C)cc1. The van der Waals surface area contributed by atoms with Gasteiger partial charge in [-0.15, -0.1) is 0 Å². The van der Waals surface area contributed by atoms with Crippen molar-refractivity contribution in [1.82, 2.24) is 4.31 Å². The molecule has 0 amide bonds. The fourth-order valence-electron chi connectivity index (χ4n) is 4.14. The van der Waals surface area contributed by atoms with Gasteiger partial charge in [0.2, 0.25) is 10.0 Å². The molecule has 3 atom stereocenters. The highest BCUT2D eigenvalue weighted by Gasteiger charge is 2.41. The Morgan fingerprint density at radius 3 is 1.82 bits per heavy atom. The number of unbranched alkanes of at least 4 members (excludes halogenated alkanes) is 1. The lowest BCUT2D eigenvalue weighted by Crippen LogP contribution is -2.50. The lowest BCUT2D eigenvalue weighted by Gasteiger charge is -2.40. The van der Waals surface area contributed by atoms with Crippen molar-refractivity contribution in [3.05, 3.63) is 29.8 Å². The van der Waals surface area contributed by atoms with Gasteiger partial charge in [0.1, 0.15) is 11.0 Å². The summed E-state index contributed by atoms with van der Waals surface area (Å²) in [5, 5.41) is 0.0844. The van der Waals surface area contributed by atoms with E-state index >= 15 is 0 Å². The van der Waals surface area contributed by atoms with Crippen LogP contribution in [0.15, 0.2) is 33.6 Å². The quantitative estimate of drug-likeness (QED) is 0.104. The molecule has 1 rings (SSSR count). The maximum Gasteiger partial charge on any atom is 0.243 e. The van der Waals surface area contributed by atoms with E-state index in [1.54, 1.807) is 22.7 Å². The van der Waals surface area contributed by atoms with Crippen LogP contribution in [-0.4, -0.2) is 63.2 Å². The molecule has 44 heavy (non-hydrogen) atoms. The van der Waals surface area contributed by atoms with Crippen LogP contribution < -0.4 is 0 Å². The first-order valence-corrected chi connectivity index (χ1v) is 24.4. The van der Waals surface area contributed by atoms with Gasteiger partial charge in [-0.2, -0.15) is 8.70 Å². The second-order valence-electron chi connectivity index (χ2n) is 16.3. The highest BCUT2D eigenvalue weighted by atomic mass is 32.2. The van der Waals surface area contributed by atoms with E-state index in [1.165, 1.54) is 0 Å². The van der Waals surface area contributed by atoms with Gasteiger partial charge < -0.3 is 8.85 Å². The van der Waals surface area contributed by atoms with Crippen molar-refractivity contribution < 1.29 is 21.5 Å². The van der Waals surface area contributed by atoms with E-state index in [2.05, 4.69) is 72.1 Å². The molecule has 11 heteroatoms. The summed E-state index contributed by atoms with van der Waals surface area (Å²) in [5.74, 6) is 0. The van der Waals surface area contributed by atoms with E-state index in [9.17, 15) is 12.6 Å². The average molecular weight is 689 g/mol. The van der Waals surface area contributed by atoms with Crippen LogP contribution >= 0.6 is 0 Å². The van der Waals surface area contributed by atoms with Crippen LogP contribution in [0.1, 0.15) is 114 Å². The first-order chi connectivity index (χ1) is 19.6. The number of rotatable bonds is 15. The molecule has 0 spiro atoms. The molecule has 0 radical (unpaired) electrons. The van der Waals surface area contributed by atoms with Gasteiger partial charge in [-0.05, 0) is 115 Å². The molecular weight excluding hydrogens is 625 g/mol. The van der Waals surface area contributed by atoms with Crippen molar-refractivity contribution in [1.29, 1.82) is 0 Å². The minimum absolute atomic E-state index is 0.00176. The fraction of sp³-hybridized carbons (Fsp3) is 0.788. The number of benzene rings is 1. The van der Waals surface area contributed by atoms with E-state index < -0.39 is 42.4 Å². The van der Waals surface area contributed by atoms with Crippen LogP contribution in [-0.2, 0) is 29.9 Å². The third kappa shape index (κ3) is 11.5. The molecule has 256 valence electrons. The normalized spacial score (nSPS) is 16.6. The fourth-order valence-corrected chi connectivity index (χ4v) is 8.95. The third-order valence-electron chi connectivity index (χ3n) is 9.08. The molecule has 0 aliphatic carbocycles. The summed E-state index contributed by atoms with van der Waals surface area (Å²) < 4.78 is 59.5. The minimum atomic E-state index is -3.82. The molecule has 0 aliphatic heterocycles. The summed E-state index contributed by atoms with van der Waals surface area (Å²) in [5.41, 5.74) is 0.967. The Hall–Kier alpha value is -0.696. The first-order valence-electron chi connectivity index (χ1n) is 16.0. The average Bonchev–Trinajstić information content (AvgIpc) is 2.84. The lowest BCUT2D eigenvalue weighted by atomic mass is 10.1. The molecule has 7 nitrogen and oxygen atoms in total. The van der Waals surface area contributed by atoms with Crippen LogP contribution in [0.4, 0.5) is 0 Å².